The van der Waals surface area contributed by atoms with Gasteiger partial charge in [0.05, 0.1) is 184 Å². The fraction of sp³-hybridized carbons (Fsp3) is 0.586. The second-order valence-corrected chi connectivity index (χ2v) is 24.8. The van der Waals surface area contributed by atoms with Crippen molar-refractivity contribution in [1.29, 1.82) is 0 Å². The molecule has 604 valence electrons. The molecule has 5 rings (SSSR count). The first-order valence-corrected chi connectivity index (χ1v) is 35.9. The second-order valence-electron chi connectivity index (χ2n) is 23.7. The van der Waals surface area contributed by atoms with E-state index in [0.29, 0.717) is 101 Å². The Bertz CT molecular complexity index is 3550. The van der Waals surface area contributed by atoms with Crippen LogP contribution in [0, 0.1) is 11.6 Å². The third-order valence-electron chi connectivity index (χ3n) is 15.5. The largest absolute Gasteiger partial charge is 0.493 e. The van der Waals surface area contributed by atoms with Crippen LogP contribution in [0.2, 0.25) is 0 Å². The molecule has 3 aromatic rings. The highest BCUT2D eigenvalue weighted by Crippen LogP contribution is 2.41. The van der Waals surface area contributed by atoms with Gasteiger partial charge in [0.25, 0.3) is 11.8 Å². The van der Waals surface area contributed by atoms with Crippen molar-refractivity contribution in [3.8, 4) is 23.0 Å². The summed E-state index contributed by atoms with van der Waals surface area (Å²) in [4.78, 5) is 166. The summed E-state index contributed by atoms with van der Waals surface area (Å²) in [5.41, 5.74) is 0.585. The SMILES string of the molecule is CCOC(=O)CCC(=O)c1cc2c(F)c(OCCCOc3c(OC)cc4c(c3F)CN(C(=O)CCC(=O)O[C@@H](C)CNC(=O)CC[C@H](NC(=O)CN3C(=O)C=CC3=O)C(=O)NCC(=O)NCC(=O)NCC(=O)NCC(=O)NCCOCCOCCOCCOCCOCCOCCOCCOC)C4)c(OC)cc2s1. The van der Waals surface area contributed by atoms with Gasteiger partial charge in [0.15, 0.2) is 40.4 Å². The van der Waals surface area contributed by atoms with Crippen molar-refractivity contribution < 1.29 is 137 Å². The maximum Gasteiger partial charge on any atom is 0.306 e. The molecule has 109 heavy (non-hydrogen) atoms. The Labute approximate surface area is 631 Å². The van der Waals surface area contributed by atoms with Crippen molar-refractivity contribution in [3.63, 3.8) is 0 Å². The van der Waals surface area contributed by atoms with Crippen LogP contribution in [0.1, 0.15) is 79.6 Å². The molecule has 2 aromatic carbocycles. The number of halogens is 2. The Balaban J connectivity index is 0.922. The van der Waals surface area contributed by atoms with Crippen molar-refractivity contribution >= 4 is 98.2 Å². The van der Waals surface area contributed by atoms with Gasteiger partial charge in [-0.15, -0.1) is 11.3 Å². The van der Waals surface area contributed by atoms with Gasteiger partial charge in [-0.05, 0) is 38.0 Å². The van der Waals surface area contributed by atoms with Crippen LogP contribution in [0.15, 0.2) is 30.4 Å². The molecule has 0 spiro atoms. The molecule has 0 aliphatic carbocycles. The molecule has 39 heteroatoms. The number of nitrogens with zero attached hydrogens (tertiary/aromatic N) is 2. The van der Waals surface area contributed by atoms with E-state index in [-0.39, 0.29) is 130 Å². The summed E-state index contributed by atoms with van der Waals surface area (Å²) in [7, 11) is 4.24. The Morgan fingerprint density at radius 1 is 0.532 bits per heavy atom. The number of rotatable bonds is 58. The molecule has 1 aromatic heterocycles. The fourth-order valence-electron chi connectivity index (χ4n) is 9.88. The lowest BCUT2D eigenvalue weighted by molar-refractivity contribution is -0.150. The molecule has 0 fully saturated rings. The molecule has 10 amide bonds. The highest BCUT2D eigenvalue weighted by molar-refractivity contribution is 7.20. The van der Waals surface area contributed by atoms with Crippen molar-refractivity contribution in [2.45, 2.75) is 84.0 Å². The number of benzene rings is 2. The first-order chi connectivity index (χ1) is 52.5. The number of fused-ring (bicyclic) bond motifs is 2. The molecule has 2 atom stereocenters. The lowest BCUT2D eigenvalue weighted by Crippen LogP contribution is -2.52. The molecule has 2 aliphatic heterocycles. The topological polar surface area (TPSA) is 442 Å². The van der Waals surface area contributed by atoms with Crippen LogP contribution >= 0.6 is 11.3 Å². The van der Waals surface area contributed by atoms with Crippen molar-refractivity contribution in [1.82, 2.24) is 47.0 Å². The number of carbonyl (C=O) groups excluding carboxylic acids is 13. The van der Waals surface area contributed by atoms with Crippen LogP contribution in [0.4, 0.5) is 8.78 Å². The molecule has 0 bridgehead atoms. The van der Waals surface area contributed by atoms with E-state index in [4.69, 9.17) is 66.3 Å². The smallest absolute Gasteiger partial charge is 0.306 e. The van der Waals surface area contributed by atoms with Crippen LogP contribution in [0.25, 0.3) is 10.1 Å². The average Bonchev–Trinajstić information content (AvgIpc) is 1.67. The predicted octanol–water partition coefficient (Wildman–Crippen LogP) is -0.226. The number of imide groups is 1. The van der Waals surface area contributed by atoms with Gasteiger partial charge in [-0.25, -0.2) is 8.78 Å². The van der Waals surface area contributed by atoms with Crippen LogP contribution < -0.4 is 56.2 Å². The van der Waals surface area contributed by atoms with Crippen LogP contribution in [0.3, 0.4) is 0 Å². The number of methoxy groups -OCH3 is 3. The zero-order valence-corrected chi connectivity index (χ0v) is 62.5. The van der Waals surface area contributed by atoms with Crippen LogP contribution in [-0.2, 0) is 118 Å². The van der Waals surface area contributed by atoms with Gasteiger partial charge in [0, 0.05) is 86.3 Å². The first-order valence-electron chi connectivity index (χ1n) is 35.1. The highest BCUT2D eigenvalue weighted by Gasteiger charge is 2.32. The number of nitrogens with one attached hydrogen (secondary N) is 7. The summed E-state index contributed by atoms with van der Waals surface area (Å²) in [5, 5.41) is 16.6. The van der Waals surface area contributed by atoms with E-state index < -0.39 is 147 Å². The Kier molecular flexibility index (Phi) is 42.0. The van der Waals surface area contributed by atoms with E-state index in [1.54, 1.807) is 14.0 Å². The zero-order chi connectivity index (χ0) is 79.3. The van der Waals surface area contributed by atoms with Crippen molar-refractivity contribution in [2.24, 2.45) is 0 Å². The zero-order valence-electron chi connectivity index (χ0n) is 61.7. The number of carbonyl (C=O) groups is 13. The molecule has 0 saturated heterocycles. The minimum absolute atomic E-state index is 0.0205. The lowest BCUT2D eigenvalue weighted by atomic mass is 10.1. The van der Waals surface area contributed by atoms with Gasteiger partial charge < -0.3 is 108 Å². The summed E-state index contributed by atoms with van der Waals surface area (Å²) in [5.74, 6) is -11.3. The van der Waals surface area contributed by atoms with Crippen molar-refractivity contribution in [3.05, 3.63) is 58.0 Å². The molecule has 3 heterocycles. The molecule has 0 saturated carbocycles. The number of Topliss-reactive ketones (excluding diaryl/α,β-unsaturated/α-hetero) is 1. The van der Waals surface area contributed by atoms with E-state index in [0.717, 1.165) is 23.5 Å². The fourth-order valence-corrected chi connectivity index (χ4v) is 10.9. The number of amides is 10. The third-order valence-corrected chi connectivity index (χ3v) is 16.6. The molecule has 7 N–H and O–H groups in total. The van der Waals surface area contributed by atoms with E-state index in [9.17, 15) is 62.3 Å². The summed E-state index contributed by atoms with van der Waals surface area (Å²) in [6.45, 7) is 5.62. The number of ether oxygens (including phenoxy) is 14. The standard InChI is InChI=1S/C70H97F2N9O27S/c1-6-105-64(92)14-9-50(82)54-35-47-53(109-54)36-52(97-5)69(66(47)71)107-18-7-17-106-68-51(96-4)34-46-42-80(43-48(46)67(68)72)61(89)13-15-65(93)108-45(2)37-74-55(83)10-8-49(79-60(88)44-81-62(90)11-12-63(81)91)70(94)78-41-59(87)77-40-58(86)76-39-57(85)75-38-56(84)73-16-19-98-22-23-100-26-27-102-30-31-104-33-32-103-29-28-101-25-24-99-21-20-95-3/h11-12,34-36,45,49H,6-10,13-33,37-44H2,1-5H3,(H,73,84)(H,74,83)(H,75,85)(H,76,86)(H,77,87)(H,78,94)(H,79,88)/t45-,49-/m0/s1. The number of ketones is 1. The Morgan fingerprint density at radius 3 is 1.58 bits per heavy atom. The van der Waals surface area contributed by atoms with Crippen LogP contribution in [-0.4, -0.2) is 285 Å². The van der Waals surface area contributed by atoms with Crippen molar-refractivity contribution in [2.75, 3.05) is 186 Å². The van der Waals surface area contributed by atoms with Gasteiger partial charge >= 0.3 is 11.9 Å². The molecule has 0 radical (unpaired) electrons. The predicted molar refractivity (Wildman–Crippen MR) is 379 cm³/mol. The van der Waals surface area contributed by atoms with Gasteiger partial charge in [-0.2, -0.15) is 0 Å². The van der Waals surface area contributed by atoms with Gasteiger partial charge in [-0.1, -0.05) is 0 Å². The van der Waals surface area contributed by atoms with E-state index in [2.05, 4.69) is 37.2 Å². The molecule has 36 nitrogen and oxygen atoms in total. The number of hydrogen-bond acceptors (Lipinski definition) is 28. The molecular formula is C70H97F2N9O27S. The van der Waals surface area contributed by atoms with Crippen LogP contribution in [0.5, 0.6) is 23.0 Å². The summed E-state index contributed by atoms with van der Waals surface area (Å²) in [6, 6.07) is 2.91. The summed E-state index contributed by atoms with van der Waals surface area (Å²) in [6.07, 6.45) is -0.728. The quantitative estimate of drug-likeness (QED) is 0.0166. The van der Waals surface area contributed by atoms with Gasteiger partial charge in [-0.3, -0.25) is 67.2 Å². The van der Waals surface area contributed by atoms with E-state index in [1.807, 2.05) is 0 Å². The van der Waals surface area contributed by atoms with E-state index in [1.165, 1.54) is 44.2 Å². The number of esters is 2. The number of thiophene rings is 1. The first kappa shape index (κ1) is 90.0. The minimum Gasteiger partial charge on any atom is -0.493 e. The summed E-state index contributed by atoms with van der Waals surface area (Å²) >= 11 is 1.04. The minimum atomic E-state index is -1.53. The normalized spacial score (nSPS) is 12.8. The molecule has 2 aliphatic rings. The average molecular weight is 1570 g/mol. The third kappa shape index (κ3) is 33.8. The van der Waals surface area contributed by atoms with E-state index >= 15 is 8.78 Å². The Hall–Kier alpha value is -9.61. The molecule has 0 unspecified atom stereocenters. The second kappa shape index (κ2) is 50.9. The Morgan fingerprint density at radius 2 is 1.04 bits per heavy atom. The number of hydrogen-bond donors (Lipinski definition) is 7. The maximum absolute atomic E-state index is 16.1. The maximum atomic E-state index is 16.1. The van der Waals surface area contributed by atoms with Gasteiger partial charge in [0.2, 0.25) is 47.3 Å². The summed E-state index contributed by atoms with van der Waals surface area (Å²) < 4.78 is 108. The lowest BCUT2D eigenvalue weighted by Gasteiger charge is -2.20. The van der Waals surface area contributed by atoms with Gasteiger partial charge in [0.1, 0.15) is 18.7 Å². The molecular weight excluding hydrogens is 1470 g/mol. The highest BCUT2D eigenvalue weighted by atomic mass is 32.1. The monoisotopic (exact) mass is 1570 g/mol.